The van der Waals surface area contributed by atoms with Crippen LogP contribution in [0.25, 0.3) is 0 Å². The van der Waals surface area contributed by atoms with E-state index >= 15 is 0 Å². The molecule has 19 heavy (non-hydrogen) atoms. The highest BCUT2D eigenvalue weighted by Gasteiger charge is 2.22. The van der Waals surface area contributed by atoms with Gasteiger partial charge in [-0.3, -0.25) is 11.3 Å². The van der Waals surface area contributed by atoms with Crippen LogP contribution in [0.15, 0.2) is 18.2 Å². The average molecular weight is 270 g/mol. The van der Waals surface area contributed by atoms with Crippen molar-refractivity contribution in [1.29, 1.82) is 0 Å². The van der Waals surface area contributed by atoms with E-state index in [0.29, 0.717) is 6.42 Å². The molecule has 1 rings (SSSR count). The molecule has 0 amide bonds. The maximum Gasteiger partial charge on any atom is 0.165 e. The van der Waals surface area contributed by atoms with Gasteiger partial charge in [0.25, 0.3) is 0 Å². The minimum Gasteiger partial charge on any atom is -0.494 e. The van der Waals surface area contributed by atoms with Gasteiger partial charge in [-0.2, -0.15) is 0 Å². The Kier molecular flexibility index (Phi) is 5.72. The number of methoxy groups -OCH3 is 2. The first-order valence-electron chi connectivity index (χ1n) is 6.25. The number of hydrogen-bond donors (Lipinski definition) is 2. The molecule has 0 heterocycles. The monoisotopic (exact) mass is 270 g/mol. The molecule has 0 radical (unpaired) electrons. The van der Waals surface area contributed by atoms with Crippen LogP contribution in [-0.4, -0.2) is 25.9 Å². The molecule has 0 bridgehead atoms. The van der Waals surface area contributed by atoms with Gasteiger partial charge in [0.2, 0.25) is 0 Å². The third kappa shape index (κ3) is 4.78. The number of nitrogens with two attached hydrogens (primary N) is 1. The Hall–Kier alpha value is -1.17. The fraction of sp³-hybridized carbons (Fsp3) is 0.571. The summed E-state index contributed by atoms with van der Waals surface area (Å²) in [5.41, 5.74) is 3.35. The first kappa shape index (κ1) is 15.9. The summed E-state index contributed by atoms with van der Waals surface area (Å²) >= 11 is 0. The Balaban J connectivity index is 2.73. The summed E-state index contributed by atoms with van der Waals surface area (Å²) in [6.07, 6.45) is 1.36. The zero-order valence-corrected chi connectivity index (χ0v) is 12.0. The lowest BCUT2D eigenvalue weighted by atomic mass is 9.94. The number of hydrazine groups is 1. The van der Waals surface area contributed by atoms with Crippen LogP contribution >= 0.6 is 0 Å². The Morgan fingerprint density at radius 2 is 2.05 bits per heavy atom. The van der Waals surface area contributed by atoms with Gasteiger partial charge in [-0.1, -0.05) is 6.07 Å². The van der Waals surface area contributed by atoms with Crippen LogP contribution in [-0.2, 0) is 11.2 Å². The Morgan fingerprint density at radius 3 is 2.53 bits per heavy atom. The lowest BCUT2D eigenvalue weighted by Gasteiger charge is -2.28. The Labute approximate surface area is 114 Å². The third-order valence-corrected chi connectivity index (χ3v) is 3.22. The lowest BCUT2D eigenvalue weighted by molar-refractivity contribution is 0.00710. The molecule has 1 aromatic rings. The van der Waals surface area contributed by atoms with Crippen molar-refractivity contribution in [3.63, 3.8) is 0 Å². The molecule has 1 aromatic carbocycles. The zero-order valence-electron chi connectivity index (χ0n) is 12.0. The molecule has 0 saturated heterocycles. The third-order valence-electron chi connectivity index (χ3n) is 3.22. The van der Waals surface area contributed by atoms with E-state index in [-0.39, 0.29) is 23.2 Å². The molecule has 1 unspecified atom stereocenters. The van der Waals surface area contributed by atoms with E-state index in [9.17, 15) is 4.39 Å². The van der Waals surface area contributed by atoms with Gasteiger partial charge >= 0.3 is 0 Å². The van der Waals surface area contributed by atoms with Gasteiger partial charge in [-0.05, 0) is 44.4 Å². The molecule has 0 saturated carbocycles. The smallest absolute Gasteiger partial charge is 0.165 e. The maximum atomic E-state index is 13.6. The lowest BCUT2D eigenvalue weighted by Crippen LogP contribution is -2.42. The highest BCUT2D eigenvalue weighted by atomic mass is 19.1. The van der Waals surface area contributed by atoms with Gasteiger partial charge < -0.3 is 9.47 Å². The summed E-state index contributed by atoms with van der Waals surface area (Å²) in [5.74, 6) is 5.44. The molecule has 3 N–H and O–H groups in total. The van der Waals surface area contributed by atoms with Crippen molar-refractivity contribution in [2.75, 3.05) is 14.2 Å². The summed E-state index contributed by atoms with van der Waals surface area (Å²) in [6, 6.07) is 4.96. The molecule has 5 heteroatoms. The summed E-state index contributed by atoms with van der Waals surface area (Å²) in [7, 11) is 3.12. The molecule has 0 spiro atoms. The molecule has 0 aliphatic rings. The molecule has 0 fully saturated rings. The van der Waals surface area contributed by atoms with Crippen molar-refractivity contribution >= 4 is 0 Å². The first-order valence-corrected chi connectivity index (χ1v) is 6.25. The van der Waals surface area contributed by atoms with Crippen LogP contribution in [0.3, 0.4) is 0 Å². The number of ether oxygens (including phenoxy) is 2. The summed E-state index contributed by atoms with van der Waals surface area (Å²) in [5, 5.41) is 0. The normalized spacial score (nSPS) is 13.4. The van der Waals surface area contributed by atoms with Crippen LogP contribution in [0.1, 0.15) is 25.8 Å². The van der Waals surface area contributed by atoms with E-state index in [1.165, 1.54) is 13.2 Å². The Morgan fingerprint density at radius 1 is 1.37 bits per heavy atom. The minimum atomic E-state index is -0.359. The van der Waals surface area contributed by atoms with Crippen LogP contribution in [0.5, 0.6) is 5.75 Å². The largest absolute Gasteiger partial charge is 0.494 e. The minimum absolute atomic E-state index is 0.0164. The van der Waals surface area contributed by atoms with E-state index < -0.39 is 0 Å². The van der Waals surface area contributed by atoms with Crippen molar-refractivity contribution in [2.24, 2.45) is 5.84 Å². The molecule has 0 aliphatic heterocycles. The fourth-order valence-corrected chi connectivity index (χ4v) is 1.99. The number of hydrogen-bond acceptors (Lipinski definition) is 4. The molecule has 0 aromatic heterocycles. The van der Waals surface area contributed by atoms with E-state index in [0.717, 1.165) is 12.0 Å². The number of benzene rings is 1. The van der Waals surface area contributed by atoms with Crippen LogP contribution < -0.4 is 16.0 Å². The van der Waals surface area contributed by atoms with Gasteiger partial charge in [-0.15, -0.1) is 0 Å². The average Bonchev–Trinajstić information content (AvgIpc) is 2.38. The predicted molar refractivity (Wildman–Crippen MR) is 73.5 cm³/mol. The number of nitrogens with one attached hydrogen (secondary N) is 1. The summed E-state index contributed by atoms with van der Waals surface area (Å²) in [6.45, 7) is 3.98. The zero-order chi connectivity index (χ0) is 14.5. The van der Waals surface area contributed by atoms with Gasteiger partial charge in [0.05, 0.1) is 12.7 Å². The van der Waals surface area contributed by atoms with Gasteiger partial charge in [-0.25, -0.2) is 4.39 Å². The molecule has 1 atom stereocenters. The highest BCUT2D eigenvalue weighted by Crippen LogP contribution is 2.21. The van der Waals surface area contributed by atoms with Gasteiger partial charge in [0.1, 0.15) is 0 Å². The van der Waals surface area contributed by atoms with Gasteiger partial charge in [0.15, 0.2) is 11.6 Å². The number of rotatable bonds is 7. The maximum absolute atomic E-state index is 13.6. The SMILES string of the molecule is COc1ccc(CC(CC(C)(C)OC)NN)cc1F. The predicted octanol–water partition coefficient (Wildman–Crippen LogP) is 2.02. The quantitative estimate of drug-likeness (QED) is 0.588. The van der Waals surface area contributed by atoms with Crippen LogP contribution in [0, 0.1) is 5.82 Å². The second kappa shape index (κ2) is 6.84. The van der Waals surface area contributed by atoms with Crippen molar-refractivity contribution in [3.8, 4) is 5.75 Å². The summed E-state index contributed by atoms with van der Waals surface area (Å²) < 4.78 is 23.9. The number of halogens is 1. The highest BCUT2D eigenvalue weighted by molar-refractivity contribution is 5.29. The molecule has 108 valence electrons. The molecular weight excluding hydrogens is 247 g/mol. The van der Waals surface area contributed by atoms with E-state index in [2.05, 4.69) is 5.43 Å². The fourth-order valence-electron chi connectivity index (χ4n) is 1.99. The first-order chi connectivity index (χ1) is 8.91. The molecular formula is C14H23FN2O2. The molecule has 4 nitrogen and oxygen atoms in total. The van der Waals surface area contributed by atoms with Crippen LogP contribution in [0.4, 0.5) is 4.39 Å². The van der Waals surface area contributed by atoms with Crippen molar-refractivity contribution in [2.45, 2.75) is 38.3 Å². The second-order valence-corrected chi connectivity index (χ2v) is 5.20. The summed E-state index contributed by atoms with van der Waals surface area (Å²) in [4.78, 5) is 0. The topological polar surface area (TPSA) is 56.5 Å². The van der Waals surface area contributed by atoms with Crippen molar-refractivity contribution in [1.82, 2.24) is 5.43 Å². The standard InChI is InChI=1S/C14H23FN2O2/c1-14(2,19-4)9-11(17-16)7-10-5-6-13(18-3)12(15)8-10/h5-6,8,11,17H,7,9,16H2,1-4H3. The van der Waals surface area contributed by atoms with E-state index in [4.69, 9.17) is 15.3 Å². The molecule has 0 aliphatic carbocycles. The van der Waals surface area contributed by atoms with E-state index in [1.54, 1.807) is 13.2 Å². The van der Waals surface area contributed by atoms with Gasteiger partial charge in [0, 0.05) is 13.2 Å². The second-order valence-electron chi connectivity index (χ2n) is 5.20. The van der Waals surface area contributed by atoms with E-state index in [1.807, 2.05) is 19.9 Å². The van der Waals surface area contributed by atoms with Crippen LogP contribution in [0.2, 0.25) is 0 Å². The Bertz CT molecular complexity index is 410. The van der Waals surface area contributed by atoms with Crippen molar-refractivity contribution in [3.05, 3.63) is 29.6 Å². The van der Waals surface area contributed by atoms with Crippen molar-refractivity contribution < 1.29 is 13.9 Å².